The molecular formula is C10H15ClN2. The molecule has 0 radical (unpaired) electrons. The Hall–Kier alpha value is -0.500. The smallest absolute Gasteiger partial charge is 0.109 e. The molecule has 2 unspecified atom stereocenters. The second-order valence-corrected chi connectivity index (χ2v) is 4.31. The molecule has 3 heteroatoms. The zero-order valence-electron chi connectivity index (χ0n) is 7.89. The number of aromatic amines is 1. The van der Waals surface area contributed by atoms with Crippen molar-refractivity contribution >= 4 is 11.6 Å². The molecule has 1 aromatic heterocycles. The van der Waals surface area contributed by atoms with E-state index in [2.05, 4.69) is 16.9 Å². The van der Waals surface area contributed by atoms with Crippen molar-refractivity contribution in [2.75, 3.05) is 0 Å². The van der Waals surface area contributed by atoms with Crippen molar-refractivity contribution in [3.63, 3.8) is 0 Å². The van der Waals surface area contributed by atoms with Crippen molar-refractivity contribution < 1.29 is 0 Å². The van der Waals surface area contributed by atoms with Crippen LogP contribution in [-0.2, 0) is 5.88 Å². The number of imidazole rings is 1. The minimum absolute atomic E-state index is 0.537. The highest BCUT2D eigenvalue weighted by molar-refractivity contribution is 6.16. The predicted molar refractivity (Wildman–Crippen MR) is 53.9 cm³/mol. The van der Waals surface area contributed by atoms with Crippen LogP contribution in [0.1, 0.15) is 43.6 Å². The molecule has 0 spiro atoms. The zero-order valence-corrected chi connectivity index (χ0v) is 8.64. The molecule has 2 atom stereocenters. The van der Waals surface area contributed by atoms with Gasteiger partial charge in [0.1, 0.15) is 5.82 Å². The predicted octanol–water partition coefficient (Wildman–Crippen LogP) is 3.05. The van der Waals surface area contributed by atoms with Gasteiger partial charge in [-0.25, -0.2) is 4.98 Å². The fraction of sp³-hybridized carbons (Fsp3) is 0.700. The zero-order chi connectivity index (χ0) is 9.26. The van der Waals surface area contributed by atoms with Crippen LogP contribution in [-0.4, -0.2) is 9.97 Å². The lowest BCUT2D eigenvalue weighted by Gasteiger charge is -2.04. The summed E-state index contributed by atoms with van der Waals surface area (Å²) in [5.74, 6) is 3.18. The van der Waals surface area contributed by atoms with Crippen LogP contribution in [0.4, 0.5) is 0 Å². The molecular weight excluding hydrogens is 184 g/mol. The lowest BCUT2D eigenvalue weighted by Crippen LogP contribution is -1.96. The van der Waals surface area contributed by atoms with Gasteiger partial charge in [0.2, 0.25) is 0 Å². The molecule has 13 heavy (non-hydrogen) atoms. The van der Waals surface area contributed by atoms with Crippen molar-refractivity contribution in [2.45, 2.75) is 38.0 Å². The summed E-state index contributed by atoms with van der Waals surface area (Å²) in [5.41, 5.74) is 1.04. The van der Waals surface area contributed by atoms with Gasteiger partial charge in [-0.1, -0.05) is 6.92 Å². The minimum atomic E-state index is 0.537. The van der Waals surface area contributed by atoms with E-state index in [9.17, 15) is 0 Å². The average Bonchev–Trinajstić information content (AvgIpc) is 2.71. The van der Waals surface area contributed by atoms with E-state index in [0.29, 0.717) is 11.8 Å². The molecule has 1 fully saturated rings. The lowest BCUT2D eigenvalue weighted by atomic mass is 10.1. The number of nitrogens with zero attached hydrogens (tertiary/aromatic N) is 1. The molecule has 1 aliphatic rings. The summed E-state index contributed by atoms with van der Waals surface area (Å²) >= 11 is 5.70. The molecule has 1 aromatic rings. The number of hydrogen-bond acceptors (Lipinski definition) is 1. The molecule has 0 aromatic carbocycles. The molecule has 0 saturated heterocycles. The number of alkyl halides is 1. The Balaban J connectivity index is 2.08. The first-order valence-corrected chi connectivity index (χ1v) is 5.42. The van der Waals surface area contributed by atoms with Gasteiger partial charge < -0.3 is 4.98 Å². The molecule has 0 aliphatic heterocycles. The first-order valence-electron chi connectivity index (χ1n) is 4.89. The third-order valence-corrected chi connectivity index (χ3v) is 3.16. The Labute approximate surface area is 83.7 Å². The second-order valence-electron chi connectivity index (χ2n) is 4.04. The maximum atomic E-state index is 5.70. The largest absolute Gasteiger partial charge is 0.345 e. The van der Waals surface area contributed by atoms with Gasteiger partial charge in [-0.15, -0.1) is 11.6 Å². The van der Waals surface area contributed by atoms with Crippen LogP contribution >= 0.6 is 11.6 Å². The molecule has 2 rings (SSSR count). The van der Waals surface area contributed by atoms with Crippen molar-refractivity contribution in [3.05, 3.63) is 17.7 Å². The van der Waals surface area contributed by atoms with Crippen LogP contribution in [0.2, 0.25) is 0 Å². The quantitative estimate of drug-likeness (QED) is 0.728. The summed E-state index contributed by atoms with van der Waals surface area (Å²) in [6, 6.07) is 0. The van der Waals surface area contributed by atoms with Crippen LogP contribution in [0.15, 0.2) is 6.20 Å². The molecule has 2 nitrogen and oxygen atoms in total. The van der Waals surface area contributed by atoms with E-state index >= 15 is 0 Å². The molecule has 0 amide bonds. The molecule has 72 valence electrons. The number of rotatable bonds is 2. The highest BCUT2D eigenvalue weighted by Crippen LogP contribution is 2.36. The van der Waals surface area contributed by atoms with Gasteiger partial charge >= 0.3 is 0 Å². The minimum Gasteiger partial charge on any atom is -0.345 e. The number of aromatic nitrogens is 2. The van der Waals surface area contributed by atoms with Gasteiger partial charge in [-0.05, 0) is 25.2 Å². The molecule has 1 aliphatic carbocycles. The standard InChI is InChI=1S/C10H15ClN2/c1-7-2-3-8(4-7)10-12-6-9(5-11)13-10/h6-8H,2-5H2,1H3,(H,12,13). The van der Waals surface area contributed by atoms with Crippen molar-refractivity contribution in [3.8, 4) is 0 Å². The maximum Gasteiger partial charge on any atom is 0.109 e. The van der Waals surface area contributed by atoms with Crippen LogP contribution in [0.5, 0.6) is 0 Å². The van der Waals surface area contributed by atoms with E-state index in [-0.39, 0.29) is 0 Å². The van der Waals surface area contributed by atoms with E-state index in [1.165, 1.54) is 19.3 Å². The van der Waals surface area contributed by atoms with Gasteiger partial charge in [0.25, 0.3) is 0 Å². The normalized spacial score (nSPS) is 28.2. The lowest BCUT2D eigenvalue weighted by molar-refractivity contribution is 0.587. The molecule has 1 saturated carbocycles. The fourth-order valence-corrected chi connectivity index (χ4v) is 2.24. The van der Waals surface area contributed by atoms with Crippen LogP contribution in [0, 0.1) is 5.92 Å². The summed E-state index contributed by atoms with van der Waals surface area (Å²) in [6.07, 6.45) is 5.73. The number of nitrogens with one attached hydrogen (secondary N) is 1. The number of halogens is 1. The second kappa shape index (κ2) is 3.70. The summed E-state index contributed by atoms with van der Waals surface area (Å²) in [4.78, 5) is 7.65. The molecule has 0 bridgehead atoms. The first-order chi connectivity index (χ1) is 6.29. The van der Waals surface area contributed by atoms with Gasteiger partial charge in [0.05, 0.1) is 5.88 Å². The molecule has 1 N–H and O–H groups in total. The SMILES string of the molecule is CC1CCC(c2ncc(CCl)[nH]2)C1. The third kappa shape index (κ3) is 1.88. The first kappa shape index (κ1) is 9.07. The maximum absolute atomic E-state index is 5.70. The Bertz CT molecular complexity index is 282. The van der Waals surface area contributed by atoms with Gasteiger partial charge in [-0.3, -0.25) is 0 Å². The third-order valence-electron chi connectivity index (χ3n) is 2.87. The van der Waals surface area contributed by atoms with E-state index in [0.717, 1.165) is 17.4 Å². The summed E-state index contributed by atoms with van der Waals surface area (Å²) in [6.45, 7) is 2.31. The summed E-state index contributed by atoms with van der Waals surface area (Å²) in [7, 11) is 0. The van der Waals surface area contributed by atoms with Crippen LogP contribution < -0.4 is 0 Å². The molecule has 1 heterocycles. The highest BCUT2D eigenvalue weighted by atomic mass is 35.5. The van der Waals surface area contributed by atoms with E-state index < -0.39 is 0 Å². The van der Waals surface area contributed by atoms with Crippen molar-refractivity contribution in [1.29, 1.82) is 0 Å². The highest BCUT2D eigenvalue weighted by Gasteiger charge is 2.24. The van der Waals surface area contributed by atoms with Gasteiger partial charge in [-0.2, -0.15) is 0 Å². The topological polar surface area (TPSA) is 28.7 Å². The van der Waals surface area contributed by atoms with E-state index in [4.69, 9.17) is 11.6 Å². The Morgan fingerprint density at radius 3 is 3.00 bits per heavy atom. The monoisotopic (exact) mass is 198 g/mol. The summed E-state index contributed by atoms with van der Waals surface area (Å²) < 4.78 is 0. The number of H-pyrrole nitrogens is 1. The fourth-order valence-electron chi connectivity index (χ4n) is 2.11. The van der Waals surface area contributed by atoms with E-state index in [1.54, 1.807) is 0 Å². The van der Waals surface area contributed by atoms with Crippen LogP contribution in [0.3, 0.4) is 0 Å². The average molecular weight is 199 g/mol. The van der Waals surface area contributed by atoms with Crippen molar-refractivity contribution in [1.82, 2.24) is 9.97 Å². The van der Waals surface area contributed by atoms with Crippen molar-refractivity contribution in [2.24, 2.45) is 5.92 Å². The number of hydrogen-bond donors (Lipinski definition) is 1. The Morgan fingerprint density at radius 1 is 1.62 bits per heavy atom. The van der Waals surface area contributed by atoms with Crippen LogP contribution in [0.25, 0.3) is 0 Å². The van der Waals surface area contributed by atoms with E-state index in [1.807, 2.05) is 6.20 Å². The van der Waals surface area contributed by atoms with Gasteiger partial charge in [0.15, 0.2) is 0 Å². The van der Waals surface area contributed by atoms with Gasteiger partial charge in [0, 0.05) is 17.8 Å². The Morgan fingerprint density at radius 2 is 2.46 bits per heavy atom. The summed E-state index contributed by atoms with van der Waals surface area (Å²) in [5, 5.41) is 0. The Kier molecular flexibility index (Phi) is 2.58.